The number of rotatable bonds is 2. The number of likely N-dealkylation sites (N-methyl/N-ethyl adjacent to an activating group) is 1. The fraction of sp³-hybridized carbons (Fsp3) is 0.200. The number of ether oxygens (including phenoxy) is 1. The zero-order chi connectivity index (χ0) is 12.4. The van der Waals surface area contributed by atoms with E-state index in [4.69, 9.17) is 4.74 Å². The normalized spacial score (nSPS) is 15.5. The van der Waals surface area contributed by atoms with Gasteiger partial charge in [-0.05, 0) is 48.4 Å². The quantitative estimate of drug-likeness (QED) is 0.767. The highest BCUT2D eigenvalue weighted by Crippen LogP contribution is 2.29. The predicted octanol–water partition coefficient (Wildman–Crippen LogP) is 3.44. The van der Waals surface area contributed by atoms with Crippen LogP contribution in [0.15, 0.2) is 54.3 Å². The first-order chi connectivity index (χ1) is 8.13. The second-order valence-corrected chi connectivity index (χ2v) is 4.14. The van der Waals surface area contributed by atoms with Gasteiger partial charge in [-0.15, -0.1) is 0 Å². The molecule has 88 valence electrons. The van der Waals surface area contributed by atoms with Gasteiger partial charge in [0.25, 0.3) is 0 Å². The van der Waals surface area contributed by atoms with Gasteiger partial charge in [0.1, 0.15) is 5.75 Å². The molecule has 1 aromatic carbocycles. The molecule has 2 rings (SSSR count). The third-order valence-electron chi connectivity index (χ3n) is 3.10. The fourth-order valence-electron chi connectivity index (χ4n) is 1.87. The Labute approximate surface area is 103 Å². The second kappa shape index (κ2) is 4.50. The summed E-state index contributed by atoms with van der Waals surface area (Å²) in [7, 11) is 3.71. The van der Waals surface area contributed by atoms with Crippen molar-refractivity contribution in [2.75, 3.05) is 14.2 Å². The van der Waals surface area contributed by atoms with Crippen molar-refractivity contribution in [3.05, 3.63) is 59.8 Å². The van der Waals surface area contributed by atoms with E-state index in [0.717, 1.165) is 17.1 Å². The van der Waals surface area contributed by atoms with Crippen LogP contribution in [0, 0.1) is 0 Å². The van der Waals surface area contributed by atoms with Gasteiger partial charge in [0.2, 0.25) is 0 Å². The molecule has 1 aliphatic rings. The van der Waals surface area contributed by atoms with E-state index in [2.05, 4.69) is 42.7 Å². The topological polar surface area (TPSA) is 12.5 Å². The summed E-state index contributed by atoms with van der Waals surface area (Å²) < 4.78 is 5.16. The fourth-order valence-corrected chi connectivity index (χ4v) is 1.87. The second-order valence-electron chi connectivity index (χ2n) is 4.14. The Hall–Kier alpha value is -1.96. The summed E-state index contributed by atoms with van der Waals surface area (Å²) in [5.74, 6) is 0.873. The van der Waals surface area contributed by atoms with Crippen molar-refractivity contribution in [1.29, 1.82) is 0 Å². The lowest BCUT2D eigenvalue weighted by molar-refractivity contribution is 0.414. The molecule has 1 aliphatic heterocycles. The van der Waals surface area contributed by atoms with Crippen LogP contribution in [0.4, 0.5) is 0 Å². The van der Waals surface area contributed by atoms with Crippen LogP contribution in [0.25, 0.3) is 5.70 Å². The molecule has 1 heterocycles. The van der Waals surface area contributed by atoms with E-state index >= 15 is 0 Å². The van der Waals surface area contributed by atoms with E-state index in [0.29, 0.717) is 0 Å². The van der Waals surface area contributed by atoms with Crippen molar-refractivity contribution in [2.45, 2.75) is 6.92 Å². The summed E-state index contributed by atoms with van der Waals surface area (Å²) in [6.07, 6.45) is 4.22. The maximum atomic E-state index is 5.16. The average Bonchev–Trinajstić information content (AvgIpc) is 2.36. The Kier molecular flexibility index (Phi) is 3.05. The Bertz CT molecular complexity index is 494. The van der Waals surface area contributed by atoms with Crippen molar-refractivity contribution in [3.63, 3.8) is 0 Å². The van der Waals surface area contributed by atoms with Gasteiger partial charge >= 0.3 is 0 Å². The molecule has 0 aromatic heterocycles. The van der Waals surface area contributed by atoms with Crippen LogP contribution in [-0.2, 0) is 0 Å². The lowest BCUT2D eigenvalue weighted by Gasteiger charge is -2.28. The van der Waals surface area contributed by atoms with E-state index in [1.807, 2.05) is 19.2 Å². The van der Waals surface area contributed by atoms with Crippen LogP contribution in [0.3, 0.4) is 0 Å². The SMILES string of the molecule is C=C1C(C)=CC=C(c2ccc(OC)cc2)N1C. The van der Waals surface area contributed by atoms with E-state index < -0.39 is 0 Å². The first-order valence-corrected chi connectivity index (χ1v) is 5.59. The molecule has 2 heteroatoms. The van der Waals surface area contributed by atoms with E-state index in [9.17, 15) is 0 Å². The van der Waals surface area contributed by atoms with Crippen LogP contribution in [0.2, 0.25) is 0 Å². The summed E-state index contributed by atoms with van der Waals surface area (Å²) >= 11 is 0. The predicted molar refractivity (Wildman–Crippen MR) is 71.6 cm³/mol. The van der Waals surface area contributed by atoms with Gasteiger partial charge < -0.3 is 9.64 Å². The van der Waals surface area contributed by atoms with Crippen LogP contribution in [0.5, 0.6) is 5.75 Å². The molecule has 0 bridgehead atoms. The molecular formula is C15H17NO. The number of nitrogens with zero attached hydrogens (tertiary/aromatic N) is 1. The minimum atomic E-state index is 0.873. The molecule has 0 saturated heterocycles. The third kappa shape index (κ3) is 2.11. The van der Waals surface area contributed by atoms with E-state index in [1.54, 1.807) is 7.11 Å². The van der Waals surface area contributed by atoms with Gasteiger partial charge in [-0.2, -0.15) is 0 Å². The molecule has 1 aromatic rings. The number of methoxy groups -OCH3 is 1. The standard InChI is InChI=1S/C15H17NO/c1-11-5-10-15(16(3)12(11)2)13-6-8-14(17-4)9-7-13/h5-10H,2H2,1,3-4H3. The highest BCUT2D eigenvalue weighted by Gasteiger charge is 2.14. The van der Waals surface area contributed by atoms with E-state index in [-0.39, 0.29) is 0 Å². The molecule has 0 fully saturated rings. The summed E-state index contributed by atoms with van der Waals surface area (Å²) in [6.45, 7) is 6.15. The average molecular weight is 227 g/mol. The molecule has 2 nitrogen and oxygen atoms in total. The maximum Gasteiger partial charge on any atom is 0.118 e. The number of hydrogen-bond acceptors (Lipinski definition) is 2. The molecule has 0 unspecified atom stereocenters. The smallest absolute Gasteiger partial charge is 0.118 e. The molecule has 17 heavy (non-hydrogen) atoms. The first kappa shape index (κ1) is 11.5. The highest BCUT2D eigenvalue weighted by atomic mass is 16.5. The Morgan fingerprint density at radius 3 is 2.35 bits per heavy atom. The zero-order valence-electron chi connectivity index (χ0n) is 10.5. The number of allylic oxidation sites excluding steroid dienone is 3. The molecule has 0 amide bonds. The summed E-state index contributed by atoms with van der Waals surface area (Å²) in [5.41, 5.74) is 4.56. The number of hydrogen-bond donors (Lipinski definition) is 0. The lowest BCUT2D eigenvalue weighted by Crippen LogP contribution is -2.18. The largest absolute Gasteiger partial charge is 0.497 e. The molecule has 0 aliphatic carbocycles. The van der Waals surface area contributed by atoms with Crippen molar-refractivity contribution in [3.8, 4) is 5.75 Å². The Morgan fingerprint density at radius 2 is 1.76 bits per heavy atom. The third-order valence-corrected chi connectivity index (χ3v) is 3.10. The number of benzene rings is 1. The van der Waals surface area contributed by atoms with Crippen LogP contribution in [-0.4, -0.2) is 19.1 Å². The zero-order valence-corrected chi connectivity index (χ0v) is 10.5. The van der Waals surface area contributed by atoms with Gasteiger partial charge in [0.15, 0.2) is 0 Å². The first-order valence-electron chi connectivity index (χ1n) is 5.59. The summed E-state index contributed by atoms with van der Waals surface area (Å²) in [4.78, 5) is 2.11. The van der Waals surface area contributed by atoms with Gasteiger partial charge in [-0.3, -0.25) is 0 Å². The van der Waals surface area contributed by atoms with Gasteiger partial charge in [-0.1, -0.05) is 12.7 Å². The minimum absolute atomic E-state index is 0.873. The lowest BCUT2D eigenvalue weighted by atomic mass is 10.0. The highest BCUT2D eigenvalue weighted by molar-refractivity contribution is 5.70. The monoisotopic (exact) mass is 227 g/mol. The molecular weight excluding hydrogens is 210 g/mol. The molecule has 0 N–H and O–H groups in total. The Balaban J connectivity index is 2.36. The summed E-state index contributed by atoms with van der Waals surface area (Å²) in [5, 5.41) is 0. The van der Waals surface area contributed by atoms with Gasteiger partial charge in [0, 0.05) is 18.4 Å². The van der Waals surface area contributed by atoms with Crippen molar-refractivity contribution in [2.24, 2.45) is 0 Å². The van der Waals surface area contributed by atoms with Crippen molar-refractivity contribution in [1.82, 2.24) is 4.90 Å². The van der Waals surface area contributed by atoms with Gasteiger partial charge in [0.05, 0.1) is 7.11 Å². The molecule has 0 atom stereocenters. The molecule has 0 radical (unpaired) electrons. The summed E-state index contributed by atoms with van der Waals surface area (Å²) in [6, 6.07) is 8.06. The van der Waals surface area contributed by atoms with Crippen LogP contribution in [0.1, 0.15) is 12.5 Å². The van der Waals surface area contributed by atoms with E-state index in [1.165, 1.54) is 11.1 Å². The molecule has 0 spiro atoms. The van der Waals surface area contributed by atoms with Crippen LogP contribution >= 0.6 is 0 Å². The maximum absolute atomic E-state index is 5.16. The van der Waals surface area contributed by atoms with Crippen LogP contribution < -0.4 is 4.74 Å². The molecule has 0 saturated carbocycles. The van der Waals surface area contributed by atoms with Crippen molar-refractivity contribution < 1.29 is 4.74 Å². The minimum Gasteiger partial charge on any atom is -0.497 e. The van der Waals surface area contributed by atoms with Gasteiger partial charge in [-0.25, -0.2) is 0 Å². The van der Waals surface area contributed by atoms with Crippen molar-refractivity contribution >= 4 is 5.70 Å². The Morgan fingerprint density at radius 1 is 1.12 bits per heavy atom.